The molecule has 0 aliphatic carbocycles. The summed E-state index contributed by atoms with van der Waals surface area (Å²) in [6.45, 7) is 0.741. The lowest BCUT2D eigenvalue weighted by Gasteiger charge is -2.10. The van der Waals surface area contributed by atoms with Crippen molar-refractivity contribution in [3.05, 3.63) is 0 Å². The molecule has 0 radical (unpaired) electrons. The van der Waals surface area contributed by atoms with Gasteiger partial charge in [0.1, 0.15) is 0 Å². The van der Waals surface area contributed by atoms with E-state index in [4.69, 9.17) is 5.11 Å². The van der Waals surface area contributed by atoms with Crippen molar-refractivity contribution in [2.45, 2.75) is 6.10 Å². The number of rotatable bonds is 4. The van der Waals surface area contributed by atoms with Crippen LogP contribution in [0.1, 0.15) is 0 Å². The van der Waals surface area contributed by atoms with Gasteiger partial charge in [-0.1, -0.05) is 0 Å². The Morgan fingerprint density at radius 1 is 1.45 bits per heavy atom. The van der Waals surface area contributed by atoms with Crippen molar-refractivity contribution in [1.82, 2.24) is 16.0 Å². The fourth-order valence-electron chi connectivity index (χ4n) is 0.607. The number of hydrogen-bond acceptors (Lipinski definition) is 3. The molecule has 0 fully saturated rings. The molecule has 5 nitrogen and oxygen atoms in total. The first-order valence-corrected chi connectivity index (χ1v) is 3.49. The van der Waals surface area contributed by atoms with E-state index in [0.717, 1.165) is 0 Å². The average molecular weight is 161 g/mol. The summed E-state index contributed by atoms with van der Waals surface area (Å²) in [7, 11) is 3.27. The molecule has 0 aromatic rings. The van der Waals surface area contributed by atoms with Crippen LogP contribution in [0.25, 0.3) is 0 Å². The summed E-state index contributed by atoms with van der Waals surface area (Å²) >= 11 is 0. The van der Waals surface area contributed by atoms with Crippen LogP contribution in [-0.4, -0.2) is 44.4 Å². The first-order valence-electron chi connectivity index (χ1n) is 3.49. The molecule has 0 aliphatic rings. The van der Waals surface area contributed by atoms with Crippen LogP contribution in [0, 0.1) is 0 Å². The highest BCUT2D eigenvalue weighted by molar-refractivity contribution is 5.73. The number of likely N-dealkylation sites (N-methyl/N-ethyl adjacent to an activating group) is 1. The zero-order valence-electron chi connectivity index (χ0n) is 6.85. The van der Waals surface area contributed by atoms with Gasteiger partial charge in [0, 0.05) is 20.1 Å². The molecular formula is C6H15N3O2. The molecule has 0 heterocycles. The van der Waals surface area contributed by atoms with Crippen molar-refractivity contribution in [1.29, 1.82) is 0 Å². The highest BCUT2D eigenvalue weighted by Gasteiger charge is 2.02. The maximum absolute atomic E-state index is 10.6. The first-order chi connectivity index (χ1) is 5.20. The van der Waals surface area contributed by atoms with Crippen LogP contribution in [0.2, 0.25) is 0 Å². The Bertz CT molecular complexity index is 118. The number of carbonyl (C=O) groups excluding carboxylic acids is 1. The lowest BCUT2D eigenvalue weighted by Crippen LogP contribution is -2.40. The molecule has 4 N–H and O–H groups in total. The van der Waals surface area contributed by atoms with Crippen molar-refractivity contribution in [3.8, 4) is 0 Å². The Morgan fingerprint density at radius 2 is 2.09 bits per heavy atom. The Morgan fingerprint density at radius 3 is 2.55 bits per heavy atom. The van der Waals surface area contributed by atoms with E-state index in [1.165, 1.54) is 7.05 Å². The molecule has 0 saturated carbocycles. The minimum Gasteiger partial charge on any atom is -0.390 e. The number of hydrogen-bond donors (Lipinski definition) is 4. The molecule has 0 bridgehead atoms. The minimum atomic E-state index is -0.530. The average Bonchev–Trinajstić information content (AvgIpc) is 2.01. The third-order valence-corrected chi connectivity index (χ3v) is 1.17. The van der Waals surface area contributed by atoms with Crippen LogP contribution in [0.5, 0.6) is 0 Å². The van der Waals surface area contributed by atoms with Crippen molar-refractivity contribution in [2.75, 3.05) is 27.2 Å². The van der Waals surface area contributed by atoms with Gasteiger partial charge in [0.15, 0.2) is 0 Å². The van der Waals surface area contributed by atoms with Crippen molar-refractivity contribution < 1.29 is 9.90 Å². The number of urea groups is 1. The summed E-state index contributed by atoms with van der Waals surface area (Å²) in [5.74, 6) is 0. The van der Waals surface area contributed by atoms with Gasteiger partial charge in [-0.25, -0.2) is 4.79 Å². The molecule has 0 spiro atoms. The van der Waals surface area contributed by atoms with Gasteiger partial charge in [-0.2, -0.15) is 0 Å². The molecule has 66 valence electrons. The van der Waals surface area contributed by atoms with E-state index in [1.54, 1.807) is 7.05 Å². The molecular weight excluding hydrogens is 146 g/mol. The highest BCUT2D eigenvalue weighted by Crippen LogP contribution is 1.75. The first kappa shape index (κ1) is 10.2. The van der Waals surface area contributed by atoms with E-state index in [-0.39, 0.29) is 12.6 Å². The van der Waals surface area contributed by atoms with Gasteiger partial charge in [-0.05, 0) is 7.05 Å². The number of amides is 2. The Hall–Kier alpha value is -0.810. The zero-order valence-corrected chi connectivity index (χ0v) is 6.85. The predicted octanol–water partition coefficient (Wildman–Crippen LogP) is -1.50. The summed E-state index contributed by atoms with van der Waals surface area (Å²) in [5.41, 5.74) is 0. The van der Waals surface area contributed by atoms with E-state index >= 15 is 0 Å². The van der Waals surface area contributed by atoms with Gasteiger partial charge in [0.2, 0.25) is 0 Å². The molecule has 0 aromatic carbocycles. The molecule has 2 amide bonds. The quantitative estimate of drug-likeness (QED) is 0.405. The molecule has 0 aliphatic heterocycles. The second kappa shape index (κ2) is 5.94. The van der Waals surface area contributed by atoms with Crippen molar-refractivity contribution in [3.63, 3.8) is 0 Å². The van der Waals surface area contributed by atoms with Crippen LogP contribution in [0.15, 0.2) is 0 Å². The van der Waals surface area contributed by atoms with Gasteiger partial charge >= 0.3 is 6.03 Å². The molecule has 0 saturated heterocycles. The van der Waals surface area contributed by atoms with E-state index in [9.17, 15) is 4.79 Å². The lowest BCUT2D eigenvalue weighted by atomic mass is 10.3. The summed E-state index contributed by atoms with van der Waals surface area (Å²) in [6.07, 6.45) is -0.530. The van der Waals surface area contributed by atoms with Gasteiger partial charge < -0.3 is 21.1 Å². The van der Waals surface area contributed by atoms with E-state index < -0.39 is 6.10 Å². The zero-order chi connectivity index (χ0) is 8.69. The molecule has 11 heavy (non-hydrogen) atoms. The van der Waals surface area contributed by atoms with Crippen LogP contribution < -0.4 is 16.0 Å². The van der Waals surface area contributed by atoms with Crippen molar-refractivity contribution >= 4 is 6.03 Å². The lowest BCUT2D eigenvalue weighted by molar-refractivity contribution is 0.170. The third-order valence-electron chi connectivity index (χ3n) is 1.17. The number of nitrogens with one attached hydrogen (secondary N) is 3. The SMILES string of the molecule is CNCC(O)CNC(=O)NC. The van der Waals surface area contributed by atoms with Gasteiger partial charge in [-0.15, -0.1) is 0 Å². The summed E-state index contributed by atoms with van der Waals surface area (Å²) in [6, 6.07) is -0.278. The Kier molecular flexibility index (Phi) is 5.50. The number of aliphatic hydroxyl groups is 1. The van der Waals surface area contributed by atoms with E-state index in [1.807, 2.05) is 0 Å². The second-order valence-corrected chi connectivity index (χ2v) is 2.17. The van der Waals surface area contributed by atoms with Crippen LogP contribution in [-0.2, 0) is 0 Å². The largest absolute Gasteiger partial charge is 0.390 e. The second-order valence-electron chi connectivity index (χ2n) is 2.17. The standard InChI is InChI=1S/C6H15N3O2/c1-7-3-5(10)4-9-6(11)8-2/h5,7,10H,3-4H2,1-2H3,(H2,8,9,11). The fourth-order valence-corrected chi connectivity index (χ4v) is 0.607. The van der Waals surface area contributed by atoms with Crippen molar-refractivity contribution in [2.24, 2.45) is 0 Å². The molecule has 0 aromatic heterocycles. The summed E-state index contributed by atoms with van der Waals surface area (Å²) in [5, 5.41) is 16.7. The van der Waals surface area contributed by atoms with Crippen LogP contribution in [0.3, 0.4) is 0 Å². The maximum atomic E-state index is 10.6. The Labute approximate surface area is 66.2 Å². The third kappa shape index (κ3) is 5.63. The maximum Gasteiger partial charge on any atom is 0.314 e. The molecule has 5 heteroatoms. The highest BCUT2D eigenvalue weighted by atomic mass is 16.3. The smallest absolute Gasteiger partial charge is 0.314 e. The normalized spacial score (nSPS) is 12.3. The van der Waals surface area contributed by atoms with Crippen LogP contribution >= 0.6 is 0 Å². The van der Waals surface area contributed by atoms with E-state index in [0.29, 0.717) is 6.54 Å². The molecule has 1 unspecified atom stereocenters. The van der Waals surface area contributed by atoms with Gasteiger partial charge in [-0.3, -0.25) is 0 Å². The number of aliphatic hydroxyl groups excluding tert-OH is 1. The topological polar surface area (TPSA) is 73.4 Å². The molecule has 0 rings (SSSR count). The van der Waals surface area contributed by atoms with Gasteiger partial charge in [0.05, 0.1) is 6.10 Å². The number of carbonyl (C=O) groups is 1. The predicted molar refractivity (Wildman–Crippen MR) is 42.4 cm³/mol. The van der Waals surface area contributed by atoms with E-state index in [2.05, 4.69) is 16.0 Å². The summed E-state index contributed by atoms with van der Waals surface area (Å²) < 4.78 is 0. The fraction of sp³-hybridized carbons (Fsp3) is 0.833. The Balaban J connectivity index is 3.29. The van der Waals surface area contributed by atoms with Crippen LogP contribution in [0.4, 0.5) is 4.79 Å². The molecule has 1 atom stereocenters. The minimum absolute atomic E-state index is 0.264. The summed E-state index contributed by atoms with van der Waals surface area (Å²) in [4.78, 5) is 10.6. The monoisotopic (exact) mass is 161 g/mol. The van der Waals surface area contributed by atoms with Gasteiger partial charge in [0.25, 0.3) is 0 Å².